The largest absolute Gasteiger partial charge is 0.507 e. The Hall–Kier alpha value is -1.62. The third-order valence-electron chi connectivity index (χ3n) is 3.53. The molecule has 4 nitrogen and oxygen atoms in total. The van der Waals surface area contributed by atoms with Gasteiger partial charge in [-0.15, -0.1) is 0 Å². The number of nitrogens with one attached hydrogen (secondary N) is 1. The predicted octanol–water partition coefficient (Wildman–Crippen LogP) is 1.81. The molecule has 0 bridgehead atoms. The second-order valence-corrected chi connectivity index (χ2v) is 5.03. The molecule has 1 amide bonds. The van der Waals surface area contributed by atoms with E-state index < -0.39 is 11.7 Å². The van der Waals surface area contributed by atoms with Gasteiger partial charge in [-0.25, -0.2) is 4.39 Å². The van der Waals surface area contributed by atoms with E-state index in [9.17, 15) is 19.4 Å². The maximum Gasteiger partial charge on any atom is 0.258 e. The number of aromatic hydroxyl groups is 1. The number of rotatable bonds is 3. The molecule has 2 unspecified atom stereocenters. The third kappa shape index (κ3) is 3.44. The molecule has 3 N–H and O–H groups in total. The molecule has 19 heavy (non-hydrogen) atoms. The molecule has 1 aliphatic rings. The molecule has 1 saturated carbocycles. The van der Waals surface area contributed by atoms with Crippen LogP contribution in [0.3, 0.4) is 0 Å². The summed E-state index contributed by atoms with van der Waals surface area (Å²) in [5.74, 6) is -1.50. The highest BCUT2D eigenvalue weighted by Gasteiger charge is 2.22. The van der Waals surface area contributed by atoms with Gasteiger partial charge in [0.25, 0.3) is 5.91 Å². The fraction of sp³-hybridized carbons (Fsp3) is 0.500. The molecular formula is C14H18FNO3. The summed E-state index contributed by atoms with van der Waals surface area (Å²) in [5, 5.41) is 21.7. The molecule has 0 saturated heterocycles. The van der Waals surface area contributed by atoms with Crippen LogP contribution in [0.15, 0.2) is 18.2 Å². The average molecular weight is 267 g/mol. The van der Waals surface area contributed by atoms with Gasteiger partial charge in [-0.3, -0.25) is 4.79 Å². The highest BCUT2D eigenvalue weighted by Crippen LogP contribution is 2.24. The minimum atomic E-state index is -0.735. The molecule has 0 spiro atoms. The quantitative estimate of drug-likeness (QED) is 0.782. The van der Waals surface area contributed by atoms with Crippen LogP contribution in [0.1, 0.15) is 36.0 Å². The normalized spacial score (nSPS) is 23.1. The molecule has 5 heteroatoms. The Morgan fingerprint density at radius 2 is 2.21 bits per heavy atom. The summed E-state index contributed by atoms with van der Waals surface area (Å²) in [6, 6.07) is 3.76. The van der Waals surface area contributed by atoms with Crippen molar-refractivity contribution in [2.45, 2.75) is 31.8 Å². The maximum atomic E-state index is 13.5. The number of halogens is 1. The topological polar surface area (TPSA) is 69.6 Å². The minimum Gasteiger partial charge on any atom is -0.507 e. The van der Waals surface area contributed by atoms with Crippen LogP contribution in [0.25, 0.3) is 0 Å². The number of hydrogen-bond donors (Lipinski definition) is 3. The molecule has 0 aliphatic heterocycles. The molecule has 104 valence electrons. The van der Waals surface area contributed by atoms with Gasteiger partial charge in [0.1, 0.15) is 17.1 Å². The maximum absolute atomic E-state index is 13.5. The van der Waals surface area contributed by atoms with Crippen molar-refractivity contribution in [3.63, 3.8) is 0 Å². The lowest BCUT2D eigenvalue weighted by atomic mass is 9.87. The van der Waals surface area contributed by atoms with Crippen molar-refractivity contribution in [2.75, 3.05) is 6.54 Å². The number of aliphatic hydroxyl groups excluding tert-OH is 1. The number of carbonyl (C=O) groups is 1. The average Bonchev–Trinajstić information content (AvgIpc) is 2.36. The van der Waals surface area contributed by atoms with Gasteiger partial charge < -0.3 is 15.5 Å². The van der Waals surface area contributed by atoms with E-state index in [4.69, 9.17) is 0 Å². The number of amides is 1. The Morgan fingerprint density at radius 1 is 1.42 bits per heavy atom. The van der Waals surface area contributed by atoms with E-state index in [1.807, 2.05) is 0 Å². The molecule has 1 aromatic carbocycles. The molecular weight excluding hydrogens is 249 g/mol. The van der Waals surface area contributed by atoms with Gasteiger partial charge in [-0.2, -0.15) is 0 Å². The summed E-state index contributed by atoms with van der Waals surface area (Å²) in [5.41, 5.74) is -0.321. The van der Waals surface area contributed by atoms with Gasteiger partial charge in [-0.05, 0) is 37.3 Å². The van der Waals surface area contributed by atoms with E-state index in [-0.39, 0.29) is 23.3 Å². The van der Waals surface area contributed by atoms with Crippen molar-refractivity contribution < 1.29 is 19.4 Å². The Balaban J connectivity index is 1.94. The summed E-state index contributed by atoms with van der Waals surface area (Å²) < 4.78 is 13.5. The lowest BCUT2D eigenvalue weighted by molar-refractivity contribution is 0.0868. The summed E-state index contributed by atoms with van der Waals surface area (Å²) >= 11 is 0. The first-order chi connectivity index (χ1) is 9.08. The zero-order valence-corrected chi connectivity index (χ0v) is 10.6. The number of phenolic OH excluding ortho intramolecular Hbond substituents is 1. The van der Waals surface area contributed by atoms with Crippen LogP contribution >= 0.6 is 0 Å². The number of carbonyl (C=O) groups excluding carboxylic acids is 1. The van der Waals surface area contributed by atoms with Gasteiger partial charge in [0.05, 0.1) is 6.10 Å². The Labute approximate surface area is 111 Å². The number of hydrogen-bond acceptors (Lipinski definition) is 3. The smallest absolute Gasteiger partial charge is 0.258 e. The number of phenols is 1. The lowest BCUT2D eigenvalue weighted by Gasteiger charge is -2.25. The van der Waals surface area contributed by atoms with Gasteiger partial charge in [-0.1, -0.05) is 12.5 Å². The molecule has 1 aliphatic carbocycles. The Kier molecular flexibility index (Phi) is 4.37. The highest BCUT2D eigenvalue weighted by atomic mass is 19.1. The van der Waals surface area contributed by atoms with Crippen LogP contribution < -0.4 is 5.32 Å². The van der Waals surface area contributed by atoms with Crippen LogP contribution in [-0.2, 0) is 0 Å². The lowest BCUT2D eigenvalue weighted by Crippen LogP contribution is -2.33. The Morgan fingerprint density at radius 3 is 2.89 bits per heavy atom. The molecule has 1 aromatic rings. The highest BCUT2D eigenvalue weighted by molar-refractivity contribution is 5.97. The van der Waals surface area contributed by atoms with E-state index in [0.717, 1.165) is 25.3 Å². The molecule has 0 radical (unpaired) electrons. The van der Waals surface area contributed by atoms with Crippen LogP contribution in [0.4, 0.5) is 4.39 Å². The van der Waals surface area contributed by atoms with Crippen molar-refractivity contribution in [2.24, 2.45) is 5.92 Å². The first-order valence-electron chi connectivity index (χ1n) is 6.51. The van der Waals surface area contributed by atoms with E-state index in [2.05, 4.69) is 5.32 Å². The fourth-order valence-electron chi connectivity index (χ4n) is 2.51. The summed E-state index contributed by atoms with van der Waals surface area (Å²) in [6.07, 6.45) is 3.03. The zero-order chi connectivity index (χ0) is 13.8. The van der Waals surface area contributed by atoms with Gasteiger partial charge >= 0.3 is 0 Å². The van der Waals surface area contributed by atoms with E-state index in [0.29, 0.717) is 13.0 Å². The summed E-state index contributed by atoms with van der Waals surface area (Å²) in [4.78, 5) is 11.8. The Bertz CT molecular complexity index is 444. The van der Waals surface area contributed by atoms with Crippen molar-refractivity contribution in [3.8, 4) is 5.75 Å². The summed E-state index contributed by atoms with van der Waals surface area (Å²) in [7, 11) is 0. The first kappa shape index (κ1) is 13.8. The zero-order valence-electron chi connectivity index (χ0n) is 10.6. The van der Waals surface area contributed by atoms with Gasteiger partial charge in [0, 0.05) is 6.54 Å². The van der Waals surface area contributed by atoms with Crippen LogP contribution in [-0.4, -0.2) is 28.8 Å². The number of aliphatic hydroxyl groups is 1. The predicted molar refractivity (Wildman–Crippen MR) is 68.4 cm³/mol. The molecule has 0 heterocycles. The van der Waals surface area contributed by atoms with Crippen molar-refractivity contribution in [1.82, 2.24) is 5.32 Å². The van der Waals surface area contributed by atoms with Crippen molar-refractivity contribution in [3.05, 3.63) is 29.6 Å². The van der Waals surface area contributed by atoms with E-state index in [1.54, 1.807) is 0 Å². The standard InChI is InChI=1S/C14H18FNO3/c15-11-5-2-6-12(18)13(11)14(19)16-8-9-3-1-4-10(17)7-9/h2,5-6,9-10,17-18H,1,3-4,7-8H2,(H,16,19). The molecule has 2 atom stereocenters. The van der Waals surface area contributed by atoms with Crippen molar-refractivity contribution in [1.29, 1.82) is 0 Å². The monoisotopic (exact) mass is 267 g/mol. The fourth-order valence-corrected chi connectivity index (χ4v) is 2.51. The van der Waals surface area contributed by atoms with Crippen molar-refractivity contribution >= 4 is 5.91 Å². The van der Waals surface area contributed by atoms with E-state index >= 15 is 0 Å². The van der Waals surface area contributed by atoms with Gasteiger partial charge in [0.2, 0.25) is 0 Å². The second kappa shape index (κ2) is 6.02. The molecule has 1 fully saturated rings. The second-order valence-electron chi connectivity index (χ2n) is 5.03. The number of benzene rings is 1. The summed E-state index contributed by atoms with van der Waals surface area (Å²) in [6.45, 7) is 0.393. The van der Waals surface area contributed by atoms with E-state index in [1.165, 1.54) is 12.1 Å². The van der Waals surface area contributed by atoms with Gasteiger partial charge in [0.15, 0.2) is 0 Å². The van der Waals surface area contributed by atoms with Crippen LogP contribution in [0.5, 0.6) is 5.75 Å². The molecule has 2 rings (SSSR count). The van der Waals surface area contributed by atoms with Crippen LogP contribution in [0, 0.1) is 11.7 Å². The minimum absolute atomic E-state index is 0.210. The third-order valence-corrected chi connectivity index (χ3v) is 3.53. The molecule has 0 aromatic heterocycles. The first-order valence-corrected chi connectivity index (χ1v) is 6.51. The SMILES string of the molecule is O=C(NCC1CCCC(O)C1)c1c(O)cccc1F. The van der Waals surface area contributed by atoms with Crippen LogP contribution in [0.2, 0.25) is 0 Å².